The fraction of sp³-hybridized carbons (Fsp3) is 0.250. The second-order valence-corrected chi connectivity index (χ2v) is 8.71. The van der Waals surface area contributed by atoms with E-state index in [4.69, 9.17) is 14.6 Å². The molecule has 9 nitrogen and oxygen atoms in total. The van der Waals surface area contributed by atoms with Crippen molar-refractivity contribution in [3.63, 3.8) is 0 Å². The van der Waals surface area contributed by atoms with Gasteiger partial charge in [0, 0.05) is 27.8 Å². The number of methoxy groups -OCH3 is 1. The van der Waals surface area contributed by atoms with Gasteiger partial charge in [-0.25, -0.2) is 14.4 Å². The van der Waals surface area contributed by atoms with Crippen molar-refractivity contribution >= 4 is 46.5 Å². The van der Waals surface area contributed by atoms with Gasteiger partial charge < -0.3 is 19.9 Å². The molecule has 10 heteroatoms. The number of carbonyl (C=O) groups is 4. The minimum absolute atomic E-state index is 0.112. The van der Waals surface area contributed by atoms with Crippen molar-refractivity contribution in [1.82, 2.24) is 10.2 Å². The highest BCUT2D eigenvalue weighted by atomic mass is 127. The number of benzene rings is 2. The topological polar surface area (TPSA) is 122 Å². The first-order valence-electron chi connectivity index (χ1n) is 10.4. The molecule has 2 aromatic carbocycles. The highest BCUT2D eigenvalue weighted by Gasteiger charge is 2.37. The molecule has 1 aliphatic rings. The average Bonchev–Trinajstić information content (AvgIpc) is 2.80. The van der Waals surface area contributed by atoms with Crippen LogP contribution in [-0.2, 0) is 14.3 Å². The van der Waals surface area contributed by atoms with Crippen LogP contribution in [0.1, 0.15) is 41.7 Å². The SMILES string of the molecule is COC(=O)C1=C(C)N(CCCC(=O)O)C(=O)NC1c1ccccc1OC(=O)c1cccc(I)c1. The molecule has 0 bridgehead atoms. The van der Waals surface area contributed by atoms with Crippen LogP contribution in [0.25, 0.3) is 0 Å². The van der Waals surface area contributed by atoms with Gasteiger partial charge in [-0.15, -0.1) is 0 Å². The minimum Gasteiger partial charge on any atom is -0.481 e. The second-order valence-electron chi connectivity index (χ2n) is 7.46. The van der Waals surface area contributed by atoms with Crippen LogP contribution in [-0.4, -0.2) is 47.6 Å². The van der Waals surface area contributed by atoms with Crippen LogP contribution in [0.5, 0.6) is 5.75 Å². The number of urea groups is 1. The first-order chi connectivity index (χ1) is 16.2. The molecular weight excluding hydrogens is 555 g/mol. The molecule has 1 atom stereocenters. The fourth-order valence-electron chi connectivity index (χ4n) is 3.63. The number of carboxylic acids is 1. The van der Waals surface area contributed by atoms with Gasteiger partial charge in [-0.2, -0.15) is 0 Å². The van der Waals surface area contributed by atoms with Crippen LogP contribution in [0.15, 0.2) is 59.8 Å². The number of ether oxygens (including phenoxy) is 2. The summed E-state index contributed by atoms with van der Waals surface area (Å²) in [6.07, 6.45) is 0.0918. The Labute approximate surface area is 209 Å². The Morgan fingerprint density at radius 3 is 2.53 bits per heavy atom. The first-order valence-corrected chi connectivity index (χ1v) is 11.5. The van der Waals surface area contributed by atoms with E-state index in [9.17, 15) is 19.2 Å². The van der Waals surface area contributed by atoms with Gasteiger partial charge in [0.2, 0.25) is 0 Å². The van der Waals surface area contributed by atoms with Gasteiger partial charge in [-0.05, 0) is 60.2 Å². The molecule has 2 amide bonds. The Balaban J connectivity index is 1.97. The predicted molar refractivity (Wildman–Crippen MR) is 130 cm³/mol. The molecular formula is C24H23IN2O7. The molecule has 34 heavy (non-hydrogen) atoms. The van der Waals surface area contributed by atoms with E-state index in [1.165, 1.54) is 12.0 Å². The van der Waals surface area contributed by atoms with Crippen molar-refractivity contribution in [2.75, 3.05) is 13.7 Å². The van der Waals surface area contributed by atoms with E-state index >= 15 is 0 Å². The van der Waals surface area contributed by atoms with Crippen molar-refractivity contribution in [1.29, 1.82) is 0 Å². The molecule has 0 saturated heterocycles. The van der Waals surface area contributed by atoms with Gasteiger partial charge in [-0.3, -0.25) is 9.69 Å². The molecule has 0 saturated carbocycles. The monoisotopic (exact) mass is 578 g/mol. The molecule has 0 spiro atoms. The molecule has 3 rings (SSSR count). The zero-order chi connectivity index (χ0) is 24.8. The summed E-state index contributed by atoms with van der Waals surface area (Å²) in [6, 6.07) is 12.1. The largest absolute Gasteiger partial charge is 0.481 e. The van der Waals surface area contributed by atoms with Crippen molar-refractivity contribution in [3.05, 3.63) is 74.5 Å². The van der Waals surface area contributed by atoms with Gasteiger partial charge in [0.1, 0.15) is 5.75 Å². The Kier molecular flexibility index (Phi) is 8.26. The summed E-state index contributed by atoms with van der Waals surface area (Å²) in [7, 11) is 1.23. The van der Waals surface area contributed by atoms with Gasteiger partial charge in [0.15, 0.2) is 0 Å². The predicted octanol–water partition coefficient (Wildman–Crippen LogP) is 3.89. The average molecular weight is 578 g/mol. The summed E-state index contributed by atoms with van der Waals surface area (Å²) in [4.78, 5) is 50.5. The molecule has 0 aromatic heterocycles. The normalized spacial score (nSPS) is 15.6. The number of hydrogen-bond donors (Lipinski definition) is 2. The summed E-state index contributed by atoms with van der Waals surface area (Å²) in [5.41, 5.74) is 1.26. The lowest BCUT2D eigenvalue weighted by atomic mass is 9.94. The van der Waals surface area contributed by atoms with Crippen molar-refractivity contribution in [2.24, 2.45) is 0 Å². The Hall–Kier alpha value is -3.41. The summed E-state index contributed by atoms with van der Waals surface area (Å²) < 4.78 is 11.5. The number of esters is 2. The standard InChI is InChI=1S/C24H23IN2O7/c1-14-20(23(31)33-2)21(26-24(32)27(14)12-6-11-19(28)29)17-9-3-4-10-18(17)34-22(30)15-7-5-8-16(25)13-15/h3-5,7-10,13,21H,6,11-12H2,1-2H3,(H,26,32)(H,28,29). The molecule has 2 aromatic rings. The van der Waals surface area contributed by atoms with Gasteiger partial charge in [0.25, 0.3) is 0 Å². The number of para-hydroxylation sites is 1. The van der Waals surface area contributed by atoms with E-state index in [0.717, 1.165) is 3.57 Å². The maximum absolute atomic E-state index is 12.9. The summed E-state index contributed by atoms with van der Waals surface area (Å²) in [5.74, 6) is -2.03. The molecule has 0 aliphatic carbocycles. The van der Waals surface area contributed by atoms with Crippen molar-refractivity contribution in [3.8, 4) is 5.75 Å². The zero-order valence-corrected chi connectivity index (χ0v) is 20.7. The maximum Gasteiger partial charge on any atom is 0.343 e. The number of rotatable bonds is 8. The van der Waals surface area contributed by atoms with Gasteiger partial charge in [-0.1, -0.05) is 24.3 Å². The molecule has 0 radical (unpaired) electrons. The number of nitrogens with zero attached hydrogens (tertiary/aromatic N) is 1. The lowest BCUT2D eigenvalue weighted by Gasteiger charge is -2.35. The Bertz CT molecular complexity index is 1160. The highest BCUT2D eigenvalue weighted by molar-refractivity contribution is 14.1. The van der Waals surface area contributed by atoms with Crippen LogP contribution in [0.2, 0.25) is 0 Å². The second kappa shape index (κ2) is 11.1. The quantitative estimate of drug-likeness (QED) is 0.277. The van der Waals surface area contributed by atoms with E-state index in [1.807, 2.05) is 6.07 Å². The first kappa shape index (κ1) is 25.2. The number of amides is 2. The van der Waals surface area contributed by atoms with E-state index in [0.29, 0.717) is 16.8 Å². The van der Waals surface area contributed by atoms with Crippen LogP contribution < -0.4 is 10.1 Å². The number of hydrogen-bond acceptors (Lipinski definition) is 6. The number of halogens is 1. The number of allylic oxidation sites excluding steroid dienone is 1. The zero-order valence-electron chi connectivity index (χ0n) is 18.5. The Morgan fingerprint density at radius 2 is 1.85 bits per heavy atom. The van der Waals surface area contributed by atoms with E-state index in [2.05, 4.69) is 27.9 Å². The van der Waals surface area contributed by atoms with Crippen LogP contribution in [0.3, 0.4) is 0 Å². The van der Waals surface area contributed by atoms with Gasteiger partial charge in [0.05, 0.1) is 24.3 Å². The third kappa shape index (κ3) is 5.74. The summed E-state index contributed by atoms with van der Waals surface area (Å²) in [5, 5.41) is 11.7. The van der Waals surface area contributed by atoms with Crippen LogP contribution in [0, 0.1) is 3.57 Å². The third-order valence-corrected chi connectivity index (χ3v) is 5.94. The van der Waals surface area contributed by atoms with E-state index in [-0.39, 0.29) is 30.7 Å². The number of aliphatic carboxylic acids is 1. The van der Waals surface area contributed by atoms with Crippen molar-refractivity contribution in [2.45, 2.75) is 25.8 Å². The minimum atomic E-state index is -0.978. The lowest BCUT2D eigenvalue weighted by Crippen LogP contribution is -2.48. The molecule has 178 valence electrons. The fourth-order valence-corrected chi connectivity index (χ4v) is 4.18. The highest BCUT2D eigenvalue weighted by Crippen LogP contribution is 2.36. The number of carbonyl (C=O) groups excluding carboxylic acids is 3. The van der Waals surface area contributed by atoms with Crippen molar-refractivity contribution < 1.29 is 33.8 Å². The van der Waals surface area contributed by atoms with Crippen LogP contribution in [0.4, 0.5) is 4.79 Å². The van der Waals surface area contributed by atoms with E-state index < -0.39 is 30.0 Å². The lowest BCUT2D eigenvalue weighted by molar-refractivity contribution is -0.138. The molecule has 0 fully saturated rings. The van der Waals surface area contributed by atoms with Crippen LogP contribution >= 0.6 is 22.6 Å². The molecule has 1 heterocycles. The number of nitrogens with one attached hydrogen (secondary N) is 1. The van der Waals surface area contributed by atoms with Gasteiger partial charge >= 0.3 is 23.9 Å². The third-order valence-electron chi connectivity index (χ3n) is 5.27. The smallest absolute Gasteiger partial charge is 0.343 e. The number of carboxylic acid groups (broad SMARTS) is 1. The maximum atomic E-state index is 12.9. The molecule has 1 unspecified atom stereocenters. The summed E-state index contributed by atoms with van der Waals surface area (Å²) in [6.45, 7) is 1.71. The Morgan fingerprint density at radius 1 is 1.12 bits per heavy atom. The molecule has 2 N–H and O–H groups in total. The van der Waals surface area contributed by atoms with E-state index in [1.54, 1.807) is 49.4 Å². The summed E-state index contributed by atoms with van der Waals surface area (Å²) >= 11 is 2.09. The molecule has 1 aliphatic heterocycles.